The van der Waals surface area contributed by atoms with Crippen LogP contribution < -0.4 is 0 Å². The summed E-state index contributed by atoms with van der Waals surface area (Å²) in [4.78, 5) is 23.6. The molecule has 88 valence electrons. The van der Waals surface area contributed by atoms with Crippen molar-refractivity contribution in [3.63, 3.8) is 0 Å². The van der Waals surface area contributed by atoms with E-state index in [0.29, 0.717) is 4.88 Å². The molecule has 0 unspecified atom stereocenters. The summed E-state index contributed by atoms with van der Waals surface area (Å²) in [7, 11) is 1.35. The first-order chi connectivity index (χ1) is 8.13. The highest BCUT2D eigenvalue weighted by atomic mass is 32.1. The molecule has 3 nitrogen and oxygen atoms in total. The van der Waals surface area contributed by atoms with Gasteiger partial charge in [-0.25, -0.2) is 0 Å². The van der Waals surface area contributed by atoms with Crippen molar-refractivity contribution in [1.82, 2.24) is 0 Å². The van der Waals surface area contributed by atoms with E-state index >= 15 is 0 Å². The lowest BCUT2D eigenvalue weighted by molar-refractivity contribution is -0.139. The van der Waals surface area contributed by atoms with Crippen LogP contribution in [0.3, 0.4) is 0 Å². The highest BCUT2D eigenvalue weighted by Gasteiger charge is 2.17. The lowest BCUT2D eigenvalue weighted by atomic mass is 10.1. The molecule has 0 aliphatic rings. The topological polar surface area (TPSA) is 43.4 Å². The monoisotopic (exact) mass is 248 g/mol. The first kappa shape index (κ1) is 11.8. The third-order valence-corrected chi connectivity index (χ3v) is 3.88. The summed E-state index contributed by atoms with van der Waals surface area (Å²) in [6, 6.07) is 7.70. The van der Waals surface area contributed by atoms with Crippen molar-refractivity contribution in [2.45, 2.75) is 13.3 Å². The minimum atomic E-state index is -0.323. The maximum absolute atomic E-state index is 11.6. The number of Topliss-reactive ketones (excluding diaryl/α,β-unsaturated/α-hetero) is 1. The average Bonchev–Trinajstić information content (AvgIpc) is 2.68. The first-order valence-corrected chi connectivity index (χ1v) is 6.03. The van der Waals surface area contributed by atoms with Crippen molar-refractivity contribution in [2.24, 2.45) is 0 Å². The number of fused-ring (bicyclic) bond motifs is 1. The smallest absolute Gasteiger partial charge is 0.310 e. The molecule has 0 fully saturated rings. The zero-order chi connectivity index (χ0) is 12.4. The van der Waals surface area contributed by atoms with Crippen LogP contribution in [0.1, 0.15) is 22.2 Å². The third-order valence-electron chi connectivity index (χ3n) is 2.57. The van der Waals surface area contributed by atoms with Gasteiger partial charge in [-0.15, -0.1) is 11.3 Å². The van der Waals surface area contributed by atoms with Crippen LogP contribution in [0.4, 0.5) is 0 Å². The molecule has 0 spiro atoms. The molecule has 1 heterocycles. The summed E-state index contributed by atoms with van der Waals surface area (Å²) in [5, 5.41) is 0.966. The second kappa shape index (κ2) is 4.67. The highest BCUT2D eigenvalue weighted by Crippen LogP contribution is 2.32. The minimum absolute atomic E-state index is 0.00916. The lowest BCUT2D eigenvalue weighted by Crippen LogP contribution is -2.06. The van der Waals surface area contributed by atoms with Crippen molar-refractivity contribution in [2.75, 3.05) is 7.11 Å². The Labute approximate surface area is 103 Å². The molecule has 0 atom stereocenters. The number of esters is 1. The van der Waals surface area contributed by atoms with Gasteiger partial charge in [0.25, 0.3) is 0 Å². The zero-order valence-corrected chi connectivity index (χ0v) is 10.5. The van der Waals surface area contributed by atoms with E-state index in [9.17, 15) is 9.59 Å². The Balaban J connectivity index is 2.59. The van der Waals surface area contributed by atoms with Crippen molar-refractivity contribution < 1.29 is 14.3 Å². The quantitative estimate of drug-likeness (QED) is 0.619. The first-order valence-electron chi connectivity index (χ1n) is 5.21. The predicted molar refractivity (Wildman–Crippen MR) is 67.5 cm³/mol. The summed E-state index contributed by atoms with van der Waals surface area (Å²) >= 11 is 1.43. The Morgan fingerprint density at radius 2 is 2.00 bits per heavy atom. The molecule has 4 heteroatoms. The number of methoxy groups -OCH3 is 1. The fraction of sp³-hybridized carbons (Fsp3) is 0.231. The predicted octanol–water partition coefficient (Wildman–Crippen LogP) is 2.82. The summed E-state index contributed by atoms with van der Waals surface area (Å²) in [6.45, 7) is 1.52. The number of benzene rings is 1. The molecule has 2 rings (SSSR count). The largest absolute Gasteiger partial charge is 0.469 e. The molecular weight excluding hydrogens is 236 g/mol. The van der Waals surface area contributed by atoms with Crippen LogP contribution in [-0.4, -0.2) is 18.9 Å². The van der Waals surface area contributed by atoms with Gasteiger partial charge in [0, 0.05) is 4.70 Å². The second-order valence-corrected chi connectivity index (χ2v) is 4.77. The van der Waals surface area contributed by atoms with Crippen molar-refractivity contribution >= 4 is 33.2 Å². The Kier molecular flexibility index (Phi) is 3.24. The molecule has 0 saturated heterocycles. The molecule has 0 saturated carbocycles. The van der Waals surface area contributed by atoms with E-state index in [1.165, 1.54) is 25.4 Å². The van der Waals surface area contributed by atoms with E-state index in [2.05, 4.69) is 4.74 Å². The third kappa shape index (κ3) is 2.22. The Morgan fingerprint density at radius 1 is 1.29 bits per heavy atom. The van der Waals surface area contributed by atoms with Gasteiger partial charge in [-0.05, 0) is 23.9 Å². The second-order valence-electron chi connectivity index (χ2n) is 3.71. The number of hydrogen-bond donors (Lipinski definition) is 0. The normalized spacial score (nSPS) is 10.5. The molecule has 0 radical (unpaired) electrons. The van der Waals surface area contributed by atoms with Crippen LogP contribution in [0.25, 0.3) is 10.1 Å². The van der Waals surface area contributed by atoms with E-state index in [4.69, 9.17) is 0 Å². The summed E-state index contributed by atoms with van der Waals surface area (Å²) in [5.41, 5.74) is 0.782. The number of carbonyl (C=O) groups excluding carboxylic acids is 2. The van der Waals surface area contributed by atoms with Crippen LogP contribution in [0.15, 0.2) is 24.3 Å². The molecule has 1 aromatic heterocycles. The van der Waals surface area contributed by atoms with Gasteiger partial charge in [0.1, 0.15) is 0 Å². The Hall–Kier alpha value is -1.68. The number of hydrogen-bond acceptors (Lipinski definition) is 4. The molecule has 0 bridgehead atoms. The molecule has 17 heavy (non-hydrogen) atoms. The number of ketones is 1. The summed E-state index contributed by atoms with van der Waals surface area (Å²) < 4.78 is 5.69. The van der Waals surface area contributed by atoms with Gasteiger partial charge in [0.2, 0.25) is 0 Å². The number of ether oxygens (including phenoxy) is 1. The van der Waals surface area contributed by atoms with Crippen molar-refractivity contribution in [3.8, 4) is 0 Å². The fourth-order valence-corrected chi connectivity index (χ4v) is 2.89. The van der Waals surface area contributed by atoms with E-state index in [-0.39, 0.29) is 18.2 Å². The average molecular weight is 248 g/mol. The lowest BCUT2D eigenvalue weighted by Gasteiger charge is -2.00. The number of carbonyl (C=O) groups is 2. The standard InChI is InChI=1S/C13H12O3S/c1-8(14)13-10(7-12(15)16-2)9-5-3-4-6-11(9)17-13/h3-6H,7H2,1-2H3. The van der Waals surface area contributed by atoms with Crippen molar-refractivity contribution in [3.05, 3.63) is 34.7 Å². The van der Waals surface area contributed by atoms with Crippen LogP contribution in [-0.2, 0) is 16.0 Å². The van der Waals surface area contributed by atoms with E-state index < -0.39 is 0 Å². The van der Waals surface area contributed by atoms with Gasteiger partial charge in [0.15, 0.2) is 5.78 Å². The van der Waals surface area contributed by atoms with Gasteiger partial charge in [-0.3, -0.25) is 9.59 Å². The van der Waals surface area contributed by atoms with Crippen LogP contribution in [0.5, 0.6) is 0 Å². The fourth-order valence-electron chi connectivity index (χ4n) is 1.78. The van der Waals surface area contributed by atoms with Gasteiger partial charge in [-0.2, -0.15) is 0 Å². The Morgan fingerprint density at radius 3 is 2.65 bits per heavy atom. The van der Waals surface area contributed by atoms with Crippen LogP contribution >= 0.6 is 11.3 Å². The number of thiophene rings is 1. The zero-order valence-electron chi connectivity index (χ0n) is 9.65. The van der Waals surface area contributed by atoms with Crippen LogP contribution in [0.2, 0.25) is 0 Å². The summed E-state index contributed by atoms with van der Waals surface area (Å²) in [5.74, 6) is -0.332. The van der Waals surface area contributed by atoms with E-state index in [0.717, 1.165) is 15.6 Å². The maximum atomic E-state index is 11.6. The molecule has 0 N–H and O–H groups in total. The van der Waals surface area contributed by atoms with Crippen LogP contribution in [0, 0.1) is 0 Å². The molecule has 2 aromatic rings. The van der Waals surface area contributed by atoms with Gasteiger partial charge in [0.05, 0.1) is 18.4 Å². The van der Waals surface area contributed by atoms with E-state index in [1.807, 2.05) is 24.3 Å². The minimum Gasteiger partial charge on any atom is -0.469 e. The van der Waals surface area contributed by atoms with E-state index in [1.54, 1.807) is 0 Å². The molecule has 0 amide bonds. The Bertz CT molecular complexity index is 583. The van der Waals surface area contributed by atoms with Gasteiger partial charge >= 0.3 is 5.97 Å². The molecule has 0 aliphatic carbocycles. The molecule has 1 aromatic carbocycles. The number of rotatable bonds is 3. The summed E-state index contributed by atoms with van der Waals surface area (Å²) in [6.07, 6.45) is 0.148. The van der Waals surface area contributed by atoms with Gasteiger partial charge in [-0.1, -0.05) is 18.2 Å². The molecular formula is C13H12O3S. The SMILES string of the molecule is COC(=O)Cc1c(C(C)=O)sc2ccccc12. The van der Waals surface area contributed by atoms with Crippen molar-refractivity contribution in [1.29, 1.82) is 0 Å². The molecule has 0 aliphatic heterocycles. The van der Waals surface area contributed by atoms with Gasteiger partial charge < -0.3 is 4.74 Å². The maximum Gasteiger partial charge on any atom is 0.310 e. The highest BCUT2D eigenvalue weighted by molar-refractivity contribution is 7.21.